The molecule has 0 aromatic heterocycles. The number of nitrogens with one attached hydrogen (secondary N) is 1. The predicted octanol–water partition coefficient (Wildman–Crippen LogP) is 5.99. The second-order valence-corrected chi connectivity index (χ2v) is 6.57. The van der Waals surface area contributed by atoms with Crippen LogP contribution in [0.1, 0.15) is 30.1 Å². The summed E-state index contributed by atoms with van der Waals surface area (Å²) < 4.78 is 5.54. The third-order valence-electron chi connectivity index (χ3n) is 3.42. The van der Waals surface area contributed by atoms with Crippen molar-refractivity contribution in [2.45, 2.75) is 19.8 Å². The number of nitro groups is 1. The number of anilines is 1. The molecule has 26 heavy (non-hydrogen) atoms. The van der Waals surface area contributed by atoms with Crippen LogP contribution in [0.3, 0.4) is 0 Å². The monoisotopic (exact) mass is 416 g/mol. The summed E-state index contributed by atoms with van der Waals surface area (Å²) in [5.41, 5.74) is 0.266. The first kappa shape index (κ1) is 20.3. The van der Waals surface area contributed by atoms with Crippen molar-refractivity contribution < 1.29 is 14.5 Å². The smallest absolute Gasteiger partial charge is 0.271 e. The van der Waals surface area contributed by atoms with E-state index in [2.05, 4.69) is 5.32 Å². The maximum atomic E-state index is 12.4. The first-order chi connectivity index (χ1) is 12.3. The van der Waals surface area contributed by atoms with Crippen LogP contribution in [0.15, 0.2) is 30.3 Å². The van der Waals surface area contributed by atoms with Gasteiger partial charge in [-0.2, -0.15) is 0 Å². The number of carbonyl (C=O) groups is 1. The van der Waals surface area contributed by atoms with Crippen LogP contribution in [0, 0.1) is 10.1 Å². The molecule has 0 saturated carbocycles. The van der Waals surface area contributed by atoms with Crippen LogP contribution in [0.5, 0.6) is 5.75 Å². The molecule has 0 aliphatic rings. The van der Waals surface area contributed by atoms with Crippen LogP contribution in [-0.2, 0) is 0 Å². The topological polar surface area (TPSA) is 81.5 Å². The van der Waals surface area contributed by atoms with Gasteiger partial charge in [-0.3, -0.25) is 14.9 Å². The lowest BCUT2D eigenvalue weighted by Crippen LogP contribution is -2.12. The van der Waals surface area contributed by atoms with Gasteiger partial charge < -0.3 is 10.1 Å². The van der Waals surface area contributed by atoms with E-state index in [1.54, 1.807) is 0 Å². The third-order valence-corrected chi connectivity index (χ3v) is 4.29. The molecule has 2 aromatic carbocycles. The lowest BCUT2D eigenvalue weighted by atomic mass is 10.2. The maximum Gasteiger partial charge on any atom is 0.271 e. The molecule has 0 spiro atoms. The third kappa shape index (κ3) is 5.00. The standard InChI is InChI=1S/C17H15Cl3N2O4/c1-2-3-6-26-16-13(19)7-10(8-14(16)20)17(23)21-15-5-4-11(22(24)25)9-12(15)18/h4-5,7-9H,2-3,6H2,1H3,(H,21,23). The molecule has 0 bridgehead atoms. The quantitative estimate of drug-likeness (QED) is 0.341. The average Bonchev–Trinajstić information content (AvgIpc) is 2.58. The van der Waals surface area contributed by atoms with Gasteiger partial charge in [0.2, 0.25) is 0 Å². The highest BCUT2D eigenvalue weighted by molar-refractivity contribution is 6.38. The maximum absolute atomic E-state index is 12.4. The molecular formula is C17H15Cl3N2O4. The highest BCUT2D eigenvalue weighted by Crippen LogP contribution is 2.35. The fourth-order valence-electron chi connectivity index (χ4n) is 2.06. The summed E-state index contributed by atoms with van der Waals surface area (Å²) in [4.78, 5) is 22.6. The number of rotatable bonds is 7. The normalized spacial score (nSPS) is 10.5. The van der Waals surface area contributed by atoms with Crippen LogP contribution in [0.4, 0.5) is 11.4 Å². The summed E-state index contributed by atoms with van der Waals surface area (Å²) in [7, 11) is 0. The molecule has 138 valence electrons. The molecule has 0 aliphatic carbocycles. The summed E-state index contributed by atoms with van der Waals surface area (Å²) in [6.45, 7) is 2.50. The summed E-state index contributed by atoms with van der Waals surface area (Å²) >= 11 is 18.3. The first-order valence-electron chi connectivity index (χ1n) is 7.70. The van der Waals surface area contributed by atoms with E-state index in [0.29, 0.717) is 12.4 Å². The number of ether oxygens (including phenoxy) is 1. The fourth-order valence-corrected chi connectivity index (χ4v) is 2.88. The van der Waals surface area contributed by atoms with Crippen molar-refractivity contribution in [3.63, 3.8) is 0 Å². The zero-order valence-electron chi connectivity index (χ0n) is 13.7. The molecule has 1 amide bonds. The van der Waals surface area contributed by atoms with Gasteiger partial charge in [-0.1, -0.05) is 48.1 Å². The Morgan fingerprint density at radius 1 is 1.15 bits per heavy atom. The molecule has 0 radical (unpaired) electrons. The van der Waals surface area contributed by atoms with E-state index in [-0.39, 0.29) is 32.0 Å². The van der Waals surface area contributed by atoms with E-state index in [1.165, 1.54) is 24.3 Å². The van der Waals surface area contributed by atoms with Crippen molar-refractivity contribution in [3.05, 3.63) is 61.1 Å². The minimum atomic E-state index is -0.575. The molecule has 9 heteroatoms. The van der Waals surface area contributed by atoms with Crippen molar-refractivity contribution in [2.75, 3.05) is 11.9 Å². The molecular weight excluding hydrogens is 403 g/mol. The Kier molecular flexibility index (Phi) is 7.08. The van der Waals surface area contributed by atoms with Crippen molar-refractivity contribution in [1.82, 2.24) is 0 Å². The van der Waals surface area contributed by atoms with E-state index in [1.807, 2.05) is 6.92 Å². The highest BCUT2D eigenvalue weighted by Gasteiger charge is 2.16. The summed E-state index contributed by atoms with van der Waals surface area (Å²) in [6, 6.07) is 6.62. The largest absolute Gasteiger partial charge is 0.490 e. The second-order valence-electron chi connectivity index (χ2n) is 5.35. The number of hydrogen-bond acceptors (Lipinski definition) is 4. The van der Waals surface area contributed by atoms with Gasteiger partial charge in [-0.05, 0) is 24.6 Å². The number of amides is 1. The highest BCUT2D eigenvalue weighted by atomic mass is 35.5. The number of nitrogens with zero attached hydrogens (tertiary/aromatic N) is 1. The summed E-state index contributed by atoms with van der Waals surface area (Å²) in [6.07, 6.45) is 1.82. The van der Waals surface area contributed by atoms with E-state index in [4.69, 9.17) is 39.5 Å². The minimum absolute atomic E-state index is 0.0456. The summed E-state index contributed by atoms with van der Waals surface area (Å²) in [5.74, 6) is -0.184. The van der Waals surface area contributed by atoms with E-state index < -0.39 is 10.8 Å². The number of carbonyl (C=O) groups excluding carboxylic acids is 1. The van der Waals surface area contributed by atoms with Gasteiger partial charge in [0.25, 0.3) is 11.6 Å². The molecule has 0 saturated heterocycles. The Bertz CT molecular complexity index is 820. The molecule has 0 atom stereocenters. The average molecular weight is 418 g/mol. The molecule has 0 heterocycles. The number of non-ortho nitro benzene ring substituents is 1. The molecule has 0 fully saturated rings. The lowest BCUT2D eigenvalue weighted by molar-refractivity contribution is -0.384. The van der Waals surface area contributed by atoms with Gasteiger partial charge in [0, 0.05) is 17.7 Å². The van der Waals surface area contributed by atoms with Gasteiger partial charge in [0.05, 0.1) is 32.3 Å². The van der Waals surface area contributed by atoms with Crippen LogP contribution in [0.2, 0.25) is 15.1 Å². The van der Waals surface area contributed by atoms with Crippen LogP contribution in [0.25, 0.3) is 0 Å². The zero-order chi connectivity index (χ0) is 19.3. The zero-order valence-corrected chi connectivity index (χ0v) is 16.0. The molecule has 0 aliphatic heterocycles. The van der Waals surface area contributed by atoms with Gasteiger partial charge in [0.15, 0.2) is 5.75 Å². The molecule has 1 N–H and O–H groups in total. The number of hydrogen-bond donors (Lipinski definition) is 1. The van der Waals surface area contributed by atoms with Gasteiger partial charge in [0.1, 0.15) is 0 Å². The van der Waals surface area contributed by atoms with Gasteiger partial charge >= 0.3 is 0 Å². The van der Waals surface area contributed by atoms with Gasteiger partial charge in [-0.15, -0.1) is 0 Å². The van der Waals surface area contributed by atoms with Gasteiger partial charge in [-0.25, -0.2) is 0 Å². The van der Waals surface area contributed by atoms with Crippen molar-refractivity contribution in [3.8, 4) is 5.75 Å². The predicted molar refractivity (Wildman–Crippen MR) is 103 cm³/mol. The number of nitro benzene ring substituents is 1. The SMILES string of the molecule is CCCCOc1c(Cl)cc(C(=O)Nc2ccc([N+](=O)[O-])cc2Cl)cc1Cl. The van der Waals surface area contributed by atoms with Crippen molar-refractivity contribution >= 4 is 52.1 Å². The Labute approximate surface area is 165 Å². The Hall–Kier alpha value is -2.02. The minimum Gasteiger partial charge on any atom is -0.490 e. The van der Waals surface area contributed by atoms with E-state index in [0.717, 1.165) is 18.9 Å². The van der Waals surface area contributed by atoms with Crippen LogP contribution >= 0.6 is 34.8 Å². The number of unbranched alkanes of at least 4 members (excludes halogenated alkanes) is 1. The first-order valence-corrected chi connectivity index (χ1v) is 8.84. The van der Waals surface area contributed by atoms with Crippen LogP contribution < -0.4 is 10.1 Å². The number of halogens is 3. The van der Waals surface area contributed by atoms with Crippen LogP contribution in [-0.4, -0.2) is 17.4 Å². The molecule has 2 aromatic rings. The molecule has 2 rings (SSSR count). The molecule has 6 nitrogen and oxygen atoms in total. The Morgan fingerprint density at radius 2 is 1.81 bits per heavy atom. The summed E-state index contributed by atoms with van der Waals surface area (Å²) in [5, 5.41) is 13.8. The van der Waals surface area contributed by atoms with Crippen molar-refractivity contribution in [2.24, 2.45) is 0 Å². The Morgan fingerprint density at radius 3 is 2.35 bits per heavy atom. The molecule has 0 unspecified atom stereocenters. The van der Waals surface area contributed by atoms with E-state index >= 15 is 0 Å². The fraction of sp³-hybridized carbons (Fsp3) is 0.235. The number of benzene rings is 2. The van der Waals surface area contributed by atoms with E-state index in [9.17, 15) is 14.9 Å². The van der Waals surface area contributed by atoms with Crippen molar-refractivity contribution in [1.29, 1.82) is 0 Å². The Balaban J connectivity index is 2.18. The lowest BCUT2D eigenvalue weighted by Gasteiger charge is -2.12. The second kappa shape index (κ2) is 9.07.